The van der Waals surface area contributed by atoms with Gasteiger partial charge in [0.1, 0.15) is 0 Å². The van der Waals surface area contributed by atoms with Crippen LogP contribution in [-0.2, 0) is 0 Å². The molecule has 4 heteroatoms. The van der Waals surface area contributed by atoms with Crippen molar-refractivity contribution in [2.45, 2.75) is 44.7 Å². The molecule has 2 unspecified atom stereocenters. The molecule has 0 aromatic heterocycles. The summed E-state index contributed by atoms with van der Waals surface area (Å²) in [5.41, 5.74) is 0. The first kappa shape index (κ1) is 11.6. The van der Waals surface area contributed by atoms with Gasteiger partial charge < -0.3 is 5.32 Å². The van der Waals surface area contributed by atoms with Gasteiger partial charge in [-0.1, -0.05) is 18.7 Å². The lowest BCUT2D eigenvalue weighted by Crippen LogP contribution is -2.38. The number of nitrogens with one attached hydrogen (secondary N) is 1. The second-order valence-corrected chi connectivity index (χ2v) is 6.43. The van der Waals surface area contributed by atoms with Crippen molar-refractivity contribution < 1.29 is 0 Å². The molecule has 2 aliphatic rings. The van der Waals surface area contributed by atoms with E-state index in [1.807, 2.05) is 11.8 Å². The van der Waals surface area contributed by atoms with Crippen LogP contribution in [0.4, 0.5) is 0 Å². The lowest BCUT2D eigenvalue weighted by Gasteiger charge is -2.26. The Kier molecular flexibility index (Phi) is 4.69. The van der Waals surface area contributed by atoms with Gasteiger partial charge >= 0.3 is 0 Å². The monoisotopic (exact) mass is 244 g/mol. The van der Waals surface area contributed by atoms with Crippen LogP contribution in [0.25, 0.3) is 0 Å². The zero-order valence-electron chi connectivity index (χ0n) is 9.37. The van der Waals surface area contributed by atoms with Gasteiger partial charge in [0.2, 0.25) is 0 Å². The van der Waals surface area contributed by atoms with E-state index in [9.17, 15) is 0 Å². The van der Waals surface area contributed by atoms with Crippen LogP contribution in [0.1, 0.15) is 32.6 Å². The third kappa shape index (κ3) is 3.59. The highest BCUT2D eigenvalue weighted by Gasteiger charge is 2.18. The molecule has 0 spiro atoms. The summed E-state index contributed by atoms with van der Waals surface area (Å²) in [6, 6.07) is 1.25. The Morgan fingerprint density at radius 2 is 2.33 bits per heavy atom. The Morgan fingerprint density at radius 3 is 3.07 bits per heavy atom. The number of nitrogens with zero attached hydrogens (tertiary/aromatic N) is 1. The molecule has 1 saturated heterocycles. The van der Waals surface area contributed by atoms with E-state index in [1.54, 1.807) is 0 Å². The molecule has 2 nitrogen and oxygen atoms in total. The van der Waals surface area contributed by atoms with Crippen LogP contribution in [0.2, 0.25) is 0 Å². The smallest absolute Gasteiger partial charge is 0.157 e. The SMILES string of the molecule is CCC1CCSC(NC2CCCSC2)=N1. The van der Waals surface area contributed by atoms with Crippen molar-refractivity contribution in [3.05, 3.63) is 0 Å². The van der Waals surface area contributed by atoms with E-state index < -0.39 is 0 Å². The summed E-state index contributed by atoms with van der Waals surface area (Å²) in [7, 11) is 0. The third-order valence-electron chi connectivity index (χ3n) is 2.95. The number of hydrogen-bond donors (Lipinski definition) is 1. The minimum absolute atomic E-state index is 0.574. The molecule has 0 aromatic rings. The predicted octanol–water partition coefficient (Wildman–Crippen LogP) is 2.74. The van der Waals surface area contributed by atoms with Crippen LogP contribution >= 0.6 is 23.5 Å². The molecule has 2 atom stereocenters. The Bertz CT molecular complexity index is 225. The summed E-state index contributed by atoms with van der Waals surface area (Å²) in [5, 5.41) is 4.82. The topological polar surface area (TPSA) is 24.4 Å². The van der Waals surface area contributed by atoms with Gasteiger partial charge in [0, 0.05) is 17.5 Å². The normalized spacial score (nSPS) is 32.2. The van der Waals surface area contributed by atoms with Crippen molar-refractivity contribution in [3.8, 4) is 0 Å². The largest absolute Gasteiger partial charge is 0.361 e. The van der Waals surface area contributed by atoms with E-state index in [2.05, 4.69) is 24.0 Å². The summed E-state index contributed by atoms with van der Waals surface area (Å²) in [4.78, 5) is 4.75. The van der Waals surface area contributed by atoms with E-state index in [1.165, 1.54) is 48.1 Å². The first-order valence-electron chi connectivity index (χ1n) is 5.93. The number of thioether (sulfide) groups is 2. The van der Waals surface area contributed by atoms with Gasteiger partial charge in [-0.25, -0.2) is 0 Å². The van der Waals surface area contributed by atoms with Gasteiger partial charge in [-0.15, -0.1) is 0 Å². The zero-order valence-corrected chi connectivity index (χ0v) is 11.0. The van der Waals surface area contributed by atoms with Crippen LogP contribution in [0.3, 0.4) is 0 Å². The van der Waals surface area contributed by atoms with Crippen LogP contribution in [-0.4, -0.2) is 34.5 Å². The highest BCUT2D eigenvalue weighted by molar-refractivity contribution is 8.13. The van der Waals surface area contributed by atoms with Crippen molar-refractivity contribution in [3.63, 3.8) is 0 Å². The van der Waals surface area contributed by atoms with Crippen molar-refractivity contribution in [1.82, 2.24) is 5.32 Å². The van der Waals surface area contributed by atoms with E-state index in [-0.39, 0.29) is 0 Å². The predicted molar refractivity (Wildman–Crippen MR) is 72.1 cm³/mol. The van der Waals surface area contributed by atoms with Gasteiger partial charge in [-0.05, 0) is 31.4 Å². The third-order valence-corrected chi connectivity index (χ3v) is 5.10. The molecule has 2 heterocycles. The summed E-state index contributed by atoms with van der Waals surface area (Å²) in [6.07, 6.45) is 5.12. The minimum atomic E-state index is 0.574. The Labute approximate surface area is 101 Å². The highest BCUT2D eigenvalue weighted by Crippen LogP contribution is 2.21. The fraction of sp³-hybridized carbons (Fsp3) is 0.909. The molecular formula is C11H20N2S2. The summed E-state index contributed by atoms with van der Waals surface area (Å²) in [6.45, 7) is 2.23. The molecule has 2 rings (SSSR count). The van der Waals surface area contributed by atoms with Crippen LogP contribution in [0.15, 0.2) is 4.99 Å². The van der Waals surface area contributed by atoms with Crippen molar-refractivity contribution >= 4 is 28.7 Å². The molecule has 86 valence electrons. The highest BCUT2D eigenvalue weighted by atomic mass is 32.2. The first-order valence-corrected chi connectivity index (χ1v) is 8.07. The van der Waals surface area contributed by atoms with E-state index in [0.717, 1.165) is 0 Å². The fourth-order valence-electron chi connectivity index (χ4n) is 1.96. The van der Waals surface area contributed by atoms with Gasteiger partial charge in [-0.2, -0.15) is 11.8 Å². The van der Waals surface area contributed by atoms with Gasteiger partial charge in [-0.3, -0.25) is 4.99 Å². The average molecular weight is 244 g/mol. The molecule has 1 N–H and O–H groups in total. The van der Waals surface area contributed by atoms with E-state index >= 15 is 0 Å². The quantitative estimate of drug-likeness (QED) is 0.808. The van der Waals surface area contributed by atoms with Crippen molar-refractivity contribution in [2.24, 2.45) is 4.99 Å². The molecule has 0 aliphatic carbocycles. The number of hydrogen-bond acceptors (Lipinski definition) is 4. The molecule has 1 fully saturated rings. The molecule has 0 amide bonds. The number of rotatable bonds is 2. The molecule has 0 aromatic carbocycles. The van der Waals surface area contributed by atoms with E-state index in [0.29, 0.717) is 12.1 Å². The van der Waals surface area contributed by atoms with Gasteiger partial charge in [0.15, 0.2) is 5.17 Å². The Hall–Kier alpha value is 0.170. The maximum atomic E-state index is 4.75. The Balaban J connectivity index is 1.84. The molecule has 0 saturated carbocycles. The molecule has 0 bridgehead atoms. The van der Waals surface area contributed by atoms with Crippen LogP contribution < -0.4 is 5.32 Å². The minimum Gasteiger partial charge on any atom is -0.361 e. The van der Waals surface area contributed by atoms with Crippen LogP contribution in [0, 0.1) is 0 Å². The van der Waals surface area contributed by atoms with Crippen molar-refractivity contribution in [1.29, 1.82) is 0 Å². The Morgan fingerprint density at radius 1 is 1.40 bits per heavy atom. The van der Waals surface area contributed by atoms with Gasteiger partial charge in [0.25, 0.3) is 0 Å². The lowest BCUT2D eigenvalue weighted by molar-refractivity contribution is 0.583. The standard InChI is InChI=1S/C11H20N2S2/c1-2-9-5-7-15-11(12-9)13-10-4-3-6-14-8-10/h9-10H,2-8H2,1H3,(H,12,13). The fourth-order valence-corrected chi connectivity index (χ4v) is 4.09. The number of amidine groups is 1. The summed E-state index contributed by atoms with van der Waals surface area (Å²) < 4.78 is 0. The van der Waals surface area contributed by atoms with Crippen LogP contribution in [0.5, 0.6) is 0 Å². The zero-order chi connectivity index (χ0) is 10.5. The maximum Gasteiger partial charge on any atom is 0.157 e. The summed E-state index contributed by atoms with van der Waals surface area (Å²) >= 11 is 3.98. The van der Waals surface area contributed by atoms with Crippen molar-refractivity contribution in [2.75, 3.05) is 17.3 Å². The molecule has 15 heavy (non-hydrogen) atoms. The second-order valence-electron chi connectivity index (χ2n) is 4.19. The maximum absolute atomic E-state index is 4.75. The molecule has 2 aliphatic heterocycles. The molecular weight excluding hydrogens is 224 g/mol. The average Bonchev–Trinajstić information content (AvgIpc) is 2.31. The first-order chi connectivity index (χ1) is 7.38. The van der Waals surface area contributed by atoms with E-state index in [4.69, 9.17) is 4.99 Å². The molecule has 0 radical (unpaired) electrons. The number of aliphatic imine (C=N–C) groups is 1. The lowest BCUT2D eigenvalue weighted by atomic mass is 10.2. The van der Waals surface area contributed by atoms with Gasteiger partial charge in [0.05, 0.1) is 6.04 Å². The summed E-state index contributed by atoms with van der Waals surface area (Å²) in [5.74, 6) is 3.84. The second kappa shape index (κ2) is 6.04.